The van der Waals surface area contributed by atoms with E-state index in [2.05, 4.69) is 34.1 Å². The van der Waals surface area contributed by atoms with Gasteiger partial charge in [-0.1, -0.05) is 18.2 Å². The summed E-state index contributed by atoms with van der Waals surface area (Å²) >= 11 is 0. The minimum absolute atomic E-state index is 0.199. The smallest absolute Gasteiger partial charge is 0.311 e. The Balaban J connectivity index is 1.52. The maximum Gasteiger partial charge on any atom is 0.311 e. The molecule has 5 atom stereocenters. The molecule has 26 heavy (non-hydrogen) atoms. The summed E-state index contributed by atoms with van der Waals surface area (Å²) in [4.78, 5) is 18.6. The summed E-state index contributed by atoms with van der Waals surface area (Å²) in [5, 5.41) is 11.8. The van der Waals surface area contributed by atoms with Crippen molar-refractivity contribution >= 4 is 16.9 Å². The van der Waals surface area contributed by atoms with Gasteiger partial charge in [-0.05, 0) is 49.1 Å². The average molecular weight is 354 g/mol. The number of nitrogens with zero attached hydrogens (tertiary/aromatic N) is 1. The van der Waals surface area contributed by atoms with Crippen LogP contribution in [-0.2, 0) is 16.0 Å². The number of aromatic nitrogens is 1. The first-order chi connectivity index (χ1) is 12.7. The fourth-order valence-electron chi connectivity index (χ4n) is 5.80. The Morgan fingerprint density at radius 3 is 3.00 bits per heavy atom. The van der Waals surface area contributed by atoms with E-state index < -0.39 is 6.10 Å². The number of nitrogens with one attached hydrogen (secondary N) is 1. The number of carbonyl (C=O) groups excluding carboxylic acids is 1. The maximum absolute atomic E-state index is 12.4. The summed E-state index contributed by atoms with van der Waals surface area (Å²) < 4.78 is 5.04. The van der Waals surface area contributed by atoms with E-state index in [4.69, 9.17) is 4.74 Å². The largest absolute Gasteiger partial charge is 0.469 e. The predicted octanol–water partition coefficient (Wildman–Crippen LogP) is 2.65. The molecule has 2 aromatic rings. The highest BCUT2D eigenvalue weighted by Crippen LogP contribution is 2.49. The quantitative estimate of drug-likeness (QED) is 0.773. The van der Waals surface area contributed by atoms with Crippen molar-refractivity contribution in [1.82, 2.24) is 9.88 Å². The van der Waals surface area contributed by atoms with Gasteiger partial charge in [0, 0.05) is 29.7 Å². The summed E-state index contributed by atoms with van der Waals surface area (Å²) in [7, 11) is 1.43. The summed E-state index contributed by atoms with van der Waals surface area (Å²) in [5.74, 6) is 0.0541. The summed E-state index contributed by atoms with van der Waals surface area (Å²) in [5.41, 5.74) is 3.96. The number of aromatic amines is 1. The average Bonchev–Trinajstić information content (AvgIpc) is 3.05. The van der Waals surface area contributed by atoms with Crippen LogP contribution in [0.1, 0.15) is 36.6 Å². The molecular formula is C21H26N2O3. The van der Waals surface area contributed by atoms with Crippen LogP contribution in [0.5, 0.6) is 0 Å². The zero-order chi connectivity index (χ0) is 17.8. The number of carbonyl (C=O) groups is 1. The normalized spacial score (nSPS) is 34.0. The van der Waals surface area contributed by atoms with Crippen LogP contribution in [0.25, 0.3) is 10.9 Å². The Hall–Kier alpha value is -1.85. The molecule has 1 aliphatic carbocycles. The third kappa shape index (κ3) is 2.33. The Labute approximate surface area is 153 Å². The van der Waals surface area contributed by atoms with Crippen LogP contribution in [0.4, 0.5) is 0 Å². The first-order valence-corrected chi connectivity index (χ1v) is 9.76. The number of aliphatic hydroxyl groups is 1. The molecular weight excluding hydrogens is 328 g/mol. The highest BCUT2D eigenvalue weighted by molar-refractivity contribution is 5.85. The van der Waals surface area contributed by atoms with Crippen LogP contribution in [-0.4, -0.2) is 47.3 Å². The third-order valence-electron chi connectivity index (χ3n) is 7.02. The van der Waals surface area contributed by atoms with Gasteiger partial charge in [0.05, 0.1) is 25.2 Å². The van der Waals surface area contributed by atoms with Gasteiger partial charge < -0.3 is 14.8 Å². The Morgan fingerprint density at radius 1 is 1.31 bits per heavy atom. The Kier molecular flexibility index (Phi) is 3.83. The number of hydrogen-bond acceptors (Lipinski definition) is 4. The van der Waals surface area contributed by atoms with Crippen molar-refractivity contribution in [3.63, 3.8) is 0 Å². The van der Waals surface area contributed by atoms with Gasteiger partial charge in [0.25, 0.3) is 0 Å². The standard InChI is InChI=1S/C21H26N2O3/c1-26-21(25)19-15-10-17-20-14(13-4-2-3-5-16(13)22-20)8-9-23(17)11-12(15)6-7-18(19)24/h2-5,12,15,17-19,22,24H,6-11H2,1H3/t12-,15-,17+,18?,19?/m0/s1. The highest BCUT2D eigenvalue weighted by Gasteiger charge is 2.49. The lowest BCUT2D eigenvalue weighted by Gasteiger charge is -2.50. The molecule has 2 unspecified atom stereocenters. The first kappa shape index (κ1) is 16.3. The van der Waals surface area contributed by atoms with E-state index in [1.165, 1.54) is 29.3 Å². The number of benzene rings is 1. The number of methoxy groups -OCH3 is 1. The Morgan fingerprint density at radius 2 is 2.15 bits per heavy atom. The van der Waals surface area contributed by atoms with E-state index in [9.17, 15) is 9.90 Å². The number of ether oxygens (including phenoxy) is 1. The number of piperidine rings is 1. The fourth-order valence-corrected chi connectivity index (χ4v) is 5.80. The summed E-state index contributed by atoms with van der Waals surface area (Å²) in [6, 6.07) is 8.83. The van der Waals surface area contributed by atoms with Crippen LogP contribution in [0.15, 0.2) is 24.3 Å². The van der Waals surface area contributed by atoms with Crippen LogP contribution >= 0.6 is 0 Å². The van der Waals surface area contributed by atoms with E-state index in [0.717, 1.165) is 32.4 Å². The van der Waals surface area contributed by atoms with Crippen LogP contribution < -0.4 is 0 Å². The van der Waals surface area contributed by atoms with E-state index in [-0.39, 0.29) is 17.8 Å². The second-order valence-electron chi connectivity index (χ2n) is 8.18. The van der Waals surface area contributed by atoms with Crippen molar-refractivity contribution in [2.24, 2.45) is 17.8 Å². The lowest BCUT2D eigenvalue weighted by molar-refractivity contribution is -0.160. The predicted molar refractivity (Wildman–Crippen MR) is 98.7 cm³/mol. The molecule has 2 fully saturated rings. The molecule has 1 saturated heterocycles. The Bertz CT molecular complexity index is 845. The molecule has 138 valence electrons. The van der Waals surface area contributed by atoms with Gasteiger partial charge in [-0.15, -0.1) is 0 Å². The zero-order valence-electron chi connectivity index (χ0n) is 15.1. The van der Waals surface area contributed by atoms with Crippen molar-refractivity contribution in [2.75, 3.05) is 20.2 Å². The third-order valence-corrected chi connectivity index (χ3v) is 7.02. The molecule has 5 heteroatoms. The van der Waals surface area contributed by atoms with Gasteiger partial charge in [-0.25, -0.2) is 0 Å². The monoisotopic (exact) mass is 354 g/mol. The summed E-state index contributed by atoms with van der Waals surface area (Å²) in [6.45, 7) is 2.10. The van der Waals surface area contributed by atoms with E-state index in [1.807, 2.05) is 0 Å². The molecule has 5 nitrogen and oxygen atoms in total. The molecule has 1 aromatic carbocycles. The van der Waals surface area contributed by atoms with Crippen molar-refractivity contribution < 1.29 is 14.6 Å². The van der Waals surface area contributed by atoms with Gasteiger partial charge in [0.2, 0.25) is 0 Å². The number of aliphatic hydroxyl groups excluding tert-OH is 1. The van der Waals surface area contributed by atoms with Gasteiger partial charge in [-0.3, -0.25) is 9.69 Å². The van der Waals surface area contributed by atoms with Crippen molar-refractivity contribution in [3.8, 4) is 0 Å². The van der Waals surface area contributed by atoms with E-state index >= 15 is 0 Å². The van der Waals surface area contributed by atoms with Crippen LogP contribution in [0.2, 0.25) is 0 Å². The lowest BCUT2D eigenvalue weighted by Crippen LogP contribution is -2.53. The minimum Gasteiger partial charge on any atom is -0.469 e. The number of esters is 1. The second-order valence-corrected chi connectivity index (χ2v) is 8.18. The zero-order valence-corrected chi connectivity index (χ0v) is 15.1. The number of H-pyrrole nitrogens is 1. The van der Waals surface area contributed by atoms with Crippen molar-refractivity contribution in [1.29, 1.82) is 0 Å². The molecule has 2 N–H and O–H groups in total. The van der Waals surface area contributed by atoms with Crippen molar-refractivity contribution in [2.45, 2.75) is 37.8 Å². The first-order valence-electron chi connectivity index (χ1n) is 9.76. The van der Waals surface area contributed by atoms with Crippen molar-refractivity contribution in [3.05, 3.63) is 35.5 Å². The van der Waals surface area contributed by atoms with Gasteiger partial charge in [0.15, 0.2) is 0 Å². The molecule has 3 aliphatic rings. The SMILES string of the molecule is COC(=O)C1C(O)CC[C@H]2CN3CCc4c([nH]c5ccccc45)[C@H]3C[C@H]12. The second kappa shape index (κ2) is 6.10. The molecule has 3 heterocycles. The topological polar surface area (TPSA) is 65.6 Å². The lowest BCUT2D eigenvalue weighted by atomic mass is 9.65. The molecule has 0 radical (unpaired) electrons. The van der Waals surface area contributed by atoms with Gasteiger partial charge in [0.1, 0.15) is 0 Å². The van der Waals surface area contributed by atoms with Gasteiger partial charge >= 0.3 is 5.97 Å². The molecule has 0 amide bonds. The molecule has 0 spiro atoms. The van der Waals surface area contributed by atoms with E-state index in [1.54, 1.807) is 0 Å². The highest BCUT2D eigenvalue weighted by atomic mass is 16.5. The number of hydrogen-bond donors (Lipinski definition) is 2. The molecule has 0 bridgehead atoms. The summed E-state index contributed by atoms with van der Waals surface area (Å²) in [6.07, 6.45) is 3.14. The maximum atomic E-state index is 12.4. The number of fused-ring (bicyclic) bond motifs is 6. The minimum atomic E-state index is -0.568. The molecule has 1 saturated carbocycles. The van der Waals surface area contributed by atoms with Crippen LogP contribution in [0, 0.1) is 17.8 Å². The molecule has 5 rings (SSSR count). The number of para-hydroxylation sites is 1. The fraction of sp³-hybridized carbons (Fsp3) is 0.571. The van der Waals surface area contributed by atoms with E-state index in [0.29, 0.717) is 18.4 Å². The van der Waals surface area contributed by atoms with Gasteiger partial charge in [-0.2, -0.15) is 0 Å². The molecule has 1 aromatic heterocycles. The van der Waals surface area contributed by atoms with Crippen LogP contribution in [0.3, 0.4) is 0 Å². The molecule has 2 aliphatic heterocycles. The number of rotatable bonds is 1.